The van der Waals surface area contributed by atoms with E-state index in [1.54, 1.807) is 21.3 Å². The fourth-order valence-electron chi connectivity index (χ4n) is 2.51. The number of nitrogens with one attached hydrogen (secondary N) is 2. The van der Waals surface area contributed by atoms with E-state index >= 15 is 0 Å². The van der Waals surface area contributed by atoms with Crippen LogP contribution in [0.2, 0.25) is 0 Å². The summed E-state index contributed by atoms with van der Waals surface area (Å²) in [5, 5.41) is 6.63. The molecule has 6 heteroatoms. The number of para-hydroxylation sites is 1. The summed E-state index contributed by atoms with van der Waals surface area (Å²) in [4.78, 5) is 4.27. The van der Waals surface area contributed by atoms with E-state index in [-0.39, 0.29) is 0 Å². The molecule has 2 rings (SSSR count). The standard InChI is InChI=1S/C19H24BrN3O2/c1-21-19(22-11-10-14-6-4-5-7-17(14)24-2)23-13-15-12-16(20)8-9-18(15)25-3/h4-9,12H,10-11,13H2,1-3H3,(H2,21,22,23). The zero-order valence-corrected chi connectivity index (χ0v) is 16.4. The van der Waals surface area contributed by atoms with Crippen LogP contribution in [0.15, 0.2) is 51.9 Å². The zero-order chi connectivity index (χ0) is 18.1. The number of nitrogens with zero attached hydrogens (tertiary/aromatic N) is 1. The molecular formula is C19H24BrN3O2. The highest BCUT2D eigenvalue weighted by Gasteiger charge is 2.06. The van der Waals surface area contributed by atoms with Crippen LogP contribution in [-0.2, 0) is 13.0 Å². The molecule has 0 heterocycles. The maximum absolute atomic E-state index is 5.40. The maximum Gasteiger partial charge on any atom is 0.191 e. The van der Waals surface area contributed by atoms with Crippen molar-refractivity contribution in [1.82, 2.24) is 10.6 Å². The molecule has 0 bridgehead atoms. The lowest BCUT2D eigenvalue weighted by Gasteiger charge is -2.14. The topological polar surface area (TPSA) is 54.9 Å². The molecule has 0 unspecified atom stereocenters. The second-order valence-corrected chi connectivity index (χ2v) is 6.29. The normalized spacial score (nSPS) is 11.1. The van der Waals surface area contributed by atoms with Gasteiger partial charge in [0, 0.05) is 30.2 Å². The highest BCUT2D eigenvalue weighted by atomic mass is 79.9. The van der Waals surface area contributed by atoms with Gasteiger partial charge in [0.1, 0.15) is 11.5 Å². The van der Waals surface area contributed by atoms with E-state index in [0.717, 1.165) is 40.5 Å². The summed E-state index contributed by atoms with van der Waals surface area (Å²) in [7, 11) is 5.13. The highest BCUT2D eigenvalue weighted by molar-refractivity contribution is 9.10. The van der Waals surface area contributed by atoms with Gasteiger partial charge in [-0.3, -0.25) is 4.99 Å². The van der Waals surface area contributed by atoms with Gasteiger partial charge in [0.2, 0.25) is 0 Å². The summed E-state index contributed by atoms with van der Waals surface area (Å²) >= 11 is 3.49. The Morgan fingerprint density at radius 3 is 2.44 bits per heavy atom. The largest absolute Gasteiger partial charge is 0.496 e. The molecule has 0 aliphatic carbocycles. The fourth-order valence-corrected chi connectivity index (χ4v) is 2.92. The molecule has 0 saturated carbocycles. The van der Waals surface area contributed by atoms with Crippen LogP contribution in [0.3, 0.4) is 0 Å². The average molecular weight is 406 g/mol. The van der Waals surface area contributed by atoms with Crippen molar-refractivity contribution >= 4 is 21.9 Å². The number of aliphatic imine (C=N–C) groups is 1. The van der Waals surface area contributed by atoms with Crippen LogP contribution in [0.5, 0.6) is 11.5 Å². The number of hydrogen-bond acceptors (Lipinski definition) is 3. The minimum absolute atomic E-state index is 0.622. The van der Waals surface area contributed by atoms with Crippen LogP contribution in [-0.4, -0.2) is 33.8 Å². The van der Waals surface area contributed by atoms with Crippen LogP contribution in [0.25, 0.3) is 0 Å². The number of ether oxygens (including phenoxy) is 2. The molecule has 0 radical (unpaired) electrons. The molecular weight excluding hydrogens is 382 g/mol. The van der Waals surface area contributed by atoms with E-state index in [9.17, 15) is 0 Å². The van der Waals surface area contributed by atoms with Crippen molar-refractivity contribution in [2.24, 2.45) is 4.99 Å². The molecule has 0 saturated heterocycles. The third-order valence-corrected chi connectivity index (χ3v) is 4.28. The molecule has 0 aromatic heterocycles. The van der Waals surface area contributed by atoms with Crippen molar-refractivity contribution in [3.63, 3.8) is 0 Å². The van der Waals surface area contributed by atoms with E-state index in [1.165, 1.54) is 5.56 Å². The Bertz CT molecular complexity index is 720. The molecule has 134 valence electrons. The number of hydrogen-bond donors (Lipinski definition) is 2. The number of rotatable bonds is 7. The van der Waals surface area contributed by atoms with Crippen molar-refractivity contribution in [2.45, 2.75) is 13.0 Å². The van der Waals surface area contributed by atoms with Crippen molar-refractivity contribution in [3.8, 4) is 11.5 Å². The molecule has 0 aliphatic rings. The number of methoxy groups -OCH3 is 2. The van der Waals surface area contributed by atoms with Gasteiger partial charge in [0.15, 0.2) is 5.96 Å². The van der Waals surface area contributed by atoms with Crippen LogP contribution in [0, 0.1) is 0 Å². The van der Waals surface area contributed by atoms with Gasteiger partial charge in [0.25, 0.3) is 0 Å². The maximum atomic E-state index is 5.40. The van der Waals surface area contributed by atoms with E-state index in [2.05, 4.69) is 37.6 Å². The van der Waals surface area contributed by atoms with Gasteiger partial charge < -0.3 is 20.1 Å². The highest BCUT2D eigenvalue weighted by Crippen LogP contribution is 2.22. The number of benzene rings is 2. The number of guanidine groups is 1. The van der Waals surface area contributed by atoms with Crippen LogP contribution in [0.4, 0.5) is 0 Å². The molecule has 0 spiro atoms. The van der Waals surface area contributed by atoms with Gasteiger partial charge in [0.05, 0.1) is 14.2 Å². The molecule has 0 amide bonds. The Balaban J connectivity index is 1.88. The first-order valence-electron chi connectivity index (χ1n) is 8.06. The Kier molecular flexibility index (Phi) is 7.60. The van der Waals surface area contributed by atoms with Crippen LogP contribution in [0.1, 0.15) is 11.1 Å². The van der Waals surface area contributed by atoms with Gasteiger partial charge in [-0.15, -0.1) is 0 Å². The molecule has 2 N–H and O–H groups in total. The lowest BCUT2D eigenvalue weighted by molar-refractivity contribution is 0.408. The quantitative estimate of drug-likeness (QED) is 0.547. The van der Waals surface area contributed by atoms with E-state index in [0.29, 0.717) is 6.54 Å². The Morgan fingerprint density at radius 2 is 1.72 bits per heavy atom. The molecule has 2 aromatic carbocycles. The van der Waals surface area contributed by atoms with Gasteiger partial charge in [-0.25, -0.2) is 0 Å². The van der Waals surface area contributed by atoms with Gasteiger partial charge in [-0.1, -0.05) is 34.1 Å². The molecule has 0 atom stereocenters. The van der Waals surface area contributed by atoms with E-state index < -0.39 is 0 Å². The van der Waals surface area contributed by atoms with Gasteiger partial charge >= 0.3 is 0 Å². The summed E-state index contributed by atoms with van der Waals surface area (Å²) in [5.41, 5.74) is 2.23. The molecule has 0 fully saturated rings. The monoisotopic (exact) mass is 405 g/mol. The Hall–Kier alpha value is -2.21. The molecule has 5 nitrogen and oxygen atoms in total. The fraction of sp³-hybridized carbons (Fsp3) is 0.316. The van der Waals surface area contributed by atoms with Gasteiger partial charge in [-0.2, -0.15) is 0 Å². The van der Waals surface area contributed by atoms with E-state index in [1.807, 2.05) is 36.4 Å². The summed E-state index contributed by atoms with van der Waals surface area (Å²) < 4.78 is 11.8. The first-order valence-corrected chi connectivity index (χ1v) is 8.86. The second-order valence-electron chi connectivity index (χ2n) is 5.37. The minimum atomic E-state index is 0.622. The second kappa shape index (κ2) is 9.93. The predicted octanol–water partition coefficient (Wildman–Crippen LogP) is 3.37. The first-order chi connectivity index (χ1) is 12.2. The van der Waals surface area contributed by atoms with Crippen molar-refractivity contribution in [2.75, 3.05) is 27.8 Å². The third-order valence-electron chi connectivity index (χ3n) is 3.79. The summed E-state index contributed by atoms with van der Waals surface area (Å²) in [6.07, 6.45) is 0.852. The van der Waals surface area contributed by atoms with Crippen molar-refractivity contribution in [3.05, 3.63) is 58.1 Å². The van der Waals surface area contributed by atoms with Crippen molar-refractivity contribution < 1.29 is 9.47 Å². The summed E-state index contributed by atoms with van der Waals surface area (Å²) in [6, 6.07) is 14.0. The van der Waals surface area contributed by atoms with Crippen LogP contribution >= 0.6 is 15.9 Å². The summed E-state index contributed by atoms with van der Waals surface area (Å²) in [5.74, 6) is 2.50. The zero-order valence-electron chi connectivity index (χ0n) is 14.8. The Labute approximate surface area is 157 Å². The lowest BCUT2D eigenvalue weighted by atomic mass is 10.1. The first kappa shape index (κ1) is 19.1. The summed E-state index contributed by atoms with van der Waals surface area (Å²) in [6.45, 7) is 1.38. The van der Waals surface area contributed by atoms with Gasteiger partial charge in [-0.05, 0) is 36.2 Å². The minimum Gasteiger partial charge on any atom is -0.496 e. The van der Waals surface area contributed by atoms with E-state index in [4.69, 9.17) is 9.47 Å². The SMILES string of the molecule is CN=C(NCCc1ccccc1OC)NCc1cc(Br)ccc1OC. The average Bonchev–Trinajstić information content (AvgIpc) is 2.65. The van der Waals surface area contributed by atoms with Crippen molar-refractivity contribution in [1.29, 1.82) is 0 Å². The molecule has 2 aromatic rings. The molecule has 25 heavy (non-hydrogen) atoms. The smallest absolute Gasteiger partial charge is 0.191 e. The Morgan fingerprint density at radius 1 is 1.00 bits per heavy atom. The number of halogens is 1. The molecule has 0 aliphatic heterocycles. The van der Waals surface area contributed by atoms with Crippen LogP contribution < -0.4 is 20.1 Å². The predicted molar refractivity (Wildman–Crippen MR) is 106 cm³/mol. The third kappa shape index (κ3) is 5.67. The lowest BCUT2D eigenvalue weighted by Crippen LogP contribution is -2.37.